The number of carbonyl (C=O) groups excluding carboxylic acids is 2. The quantitative estimate of drug-likeness (QED) is 0.815. The molecule has 1 rings (SSSR count). The largest absolute Gasteiger partial charge is 0.388 e. The highest BCUT2D eigenvalue weighted by atomic mass is 16.1. The van der Waals surface area contributed by atoms with Crippen LogP contribution in [-0.2, 0) is 4.79 Å². The second-order valence-electron chi connectivity index (χ2n) is 4.05. The van der Waals surface area contributed by atoms with Crippen molar-refractivity contribution < 1.29 is 9.59 Å². The summed E-state index contributed by atoms with van der Waals surface area (Å²) in [5.41, 5.74) is 1.55. The molecule has 0 spiro atoms. The van der Waals surface area contributed by atoms with Gasteiger partial charge in [0.05, 0.1) is 0 Å². The number of Topliss-reactive ketones (excluding diaryl/α,β-unsaturated/α-hetero) is 1. The molecular weight excluding hydrogens is 216 g/mol. The molecule has 1 aromatic carbocycles. The van der Waals surface area contributed by atoms with E-state index < -0.39 is 0 Å². The van der Waals surface area contributed by atoms with Gasteiger partial charge in [0.25, 0.3) is 5.91 Å². The SMILES string of the molecule is CNc1ccc(C(=O)NCC(C)C(C)=O)cc1. The lowest BCUT2D eigenvalue weighted by molar-refractivity contribution is -0.120. The summed E-state index contributed by atoms with van der Waals surface area (Å²) in [5.74, 6) is -0.216. The van der Waals surface area contributed by atoms with Crippen LogP contribution in [0.1, 0.15) is 24.2 Å². The van der Waals surface area contributed by atoms with Crippen molar-refractivity contribution in [2.45, 2.75) is 13.8 Å². The summed E-state index contributed by atoms with van der Waals surface area (Å²) in [7, 11) is 1.82. The van der Waals surface area contributed by atoms with Crippen molar-refractivity contribution in [3.8, 4) is 0 Å². The molecule has 0 saturated carbocycles. The first-order valence-electron chi connectivity index (χ1n) is 5.61. The van der Waals surface area contributed by atoms with Gasteiger partial charge in [0.15, 0.2) is 0 Å². The Hall–Kier alpha value is -1.84. The Labute approximate surface area is 101 Å². The zero-order valence-corrected chi connectivity index (χ0v) is 10.4. The lowest BCUT2D eigenvalue weighted by Gasteiger charge is -2.09. The van der Waals surface area contributed by atoms with Crippen molar-refractivity contribution >= 4 is 17.4 Å². The van der Waals surface area contributed by atoms with E-state index in [1.807, 2.05) is 19.2 Å². The van der Waals surface area contributed by atoms with Gasteiger partial charge in [0.1, 0.15) is 5.78 Å². The Balaban J connectivity index is 2.55. The fourth-order valence-corrected chi connectivity index (χ4v) is 1.28. The van der Waals surface area contributed by atoms with Crippen molar-refractivity contribution in [2.24, 2.45) is 5.92 Å². The van der Waals surface area contributed by atoms with Gasteiger partial charge < -0.3 is 10.6 Å². The number of rotatable bonds is 5. The van der Waals surface area contributed by atoms with E-state index >= 15 is 0 Å². The van der Waals surface area contributed by atoms with Gasteiger partial charge in [-0.2, -0.15) is 0 Å². The summed E-state index contributed by atoms with van der Waals surface area (Å²) in [6.07, 6.45) is 0. The van der Waals surface area contributed by atoms with Gasteiger partial charge in [-0.05, 0) is 31.2 Å². The number of hydrogen-bond donors (Lipinski definition) is 2. The summed E-state index contributed by atoms with van der Waals surface area (Å²) in [6, 6.07) is 7.17. The Kier molecular flexibility index (Phi) is 4.69. The Morgan fingerprint density at radius 1 is 1.24 bits per heavy atom. The van der Waals surface area contributed by atoms with E-state index in [1.54, 1.807) is 19.1 Å². The van der Waals surface area contributed by atoms with Crippen molar-refractivity contribution in [1.29, 1.82) is 0 Å². The summed E-state index contributed by atoms with van der Waals surface area (Å²) >= 11 is 0. The normalized spacial score (nSPS) is 11.7. The van der Waals surface area contributed by atoms with E-state index in [4.69, 9.17) is 0 Å². The smallest absolute Gasteiger partial charge is 0.251 e. The van der Waals surface area contributed by atoms with E-state index in [1.165, 1.54) is 6.92 Å². The molecular formula is C13H18N2O2. The van der Waals surface area contributed by atoms with E-state index in [0.29, 0.717) is 12.1 Å². The third-order valence-corrected chi connectivity index (χ3v) is 2.70. The molecule has 0 aliphatic rings. The Morgan fingerprint density at radius 3 is 2.29 bits per heavy atom. The maximum Gasteiger partial charge on any atom is 0.251 e. The summed E-state index contributed by atoms with van der Waals surface area (Å²) in [5, 5.41) is 5.72. The number of nitrogens with one attached hydrogen (secondary N) is 2. The molecule has 17 heavy (non-hydrogen) atoms. The number of ketones is 1. The fourth-order valence-electron chi connectivity index (χ4n) is 1.28. The van der Waals surface area contributed by atoms with Crippen LogP contribution in [0.25, 0.3) is 0 Å². The van der Waals surface area contributed by atoms with Crippen molar-refractivity contribution in [2.75, 3.05) is 18.9 Å². The lowest BCUT2D eigenvalue weighted by Crippen LogP contribution is -2.30. The van der Waals surface area contributed by atoms with Gasteiger partial charge in [0.2, 0.25) is 0 Å². The highest BCUT2D eigenvalue weighted by molar-refractivity contribution is 5.94. The predicted molar refractivity (Wildman–Crippen MR) is 68.2 cm³/mol. The maximum atomic E-state index is 11.7. The minimum Gasteiger partial charge on any atom is -0.388 e. The maximum absolute atomic E-state index is 11.7. The number of amides is 1. The summed E-state index contributed by atoms with van der Waals surface area (Å²) < 4.78 is 0. The lowest BCUT2D eigenvalue weighted by atomic mass is 10.1. The minimum absolute atomic E-state index is 0.0795. The first-order valence-corrected chi connectivity index (χ1v) is 5.61. The highest BCUT2D eigenvalue weighted by Crippen LogP contribution is 2.08. The summed E-state index contributed by atoms with van der Waals surface area (Å²) in [6.45, 7) is 3.70. The predicted octanol–water partition coefficient (Wildman–Crippen LogP) is 1.68. The molecule has 0 aromatic heterocycles. The molecule has 0 saturated heterocycles. The molecule has 0 bridgehead atoms. The van der Waals surface area contributed by atoms with Crippen molar-refractivity contribution in [3.63, 3.8) is 0 Å². The molecule has 0 fully saturated rings. The van der Waals surface area contributed by atoms with Crippen LogP contribution >= 0.6 is 0 Å². The molecule has 1 amide bonds. The number of carbonyl (C=O) groups is 2. The van der Waals surface area contributed by atoms with Crippen LogP contribution in [0, 0.1) is 5.92 Å². The Bertz CT molecular complexity index is 398. The van der Waals surface area contributed by atoms with Crippen LogP contribution in [0.4, 0.5) is 5.69 Å². The zero-order chi connectivity index (χ0) is 12.8. The second-order valence-corrected chi connectivity index (χ2v) is 4.05. The molecule has 92 valence electrons. The van der Waals surface area contributed by atoms with Gasteiger partial charge in [-0.1, -0.05) is 6.92 Å². The molecule has 0 aliphatic carbocycles. The Morgan fingerprint density at radius 2 is 1.82 bits per heavy atom. The van der Waals surface area contributed by atoms with Crippen molar-refractivity contribution in [3.05, 3.63) is 29.8 Å². The summed E-state index contributed by atoms with van der Waals surface area (Å²) in [4.78, 5) is 22.7. The van der Waals surface area contributed by atoms with Crippen LogP contribution in [0.5, 0.6) is 0 Å². The van der Waals surface area contributed by atoms with Gasteiger partial charge >= 0.3 is 0 Å². The average molecular weight is 234 g/mol. The van der Waals surface area contributed by atoms with Gasteiger partial charge in [0, 0.05) is 30.8 Å². The minimum atomic E-state index is -0.152. The molecule has 2 N–H and O–H groups in total. The van der Waals surface area contributed by atoms with E-state index in [9.17, 15) is 9.59 Å². The monoisotopic (exact) mass is 234 g/mol. The third kappa shape index (κ3) is 3.90. The second kappa shape index (κ2) is 6.03. The molecule has 4 nitrogen and oxygen atoms in total. The van der Waals surface area contributed by atoms with Crippen LogP contribution in [0.2, 0.25) is 0 Å². The van der Waals surface area contributed by atoms with Crippen LogP contribution in [0.3, 0.4) is 0 Å². The number of hydrogen-bond acceptors (Lipinski definition) is 3. The third-order valence-electron chi connectivity index (χ3n) is 2.70. The van der Waals surface area contributed by atoms with Gasteiger partial charge in [-0.15, -0.1) is 0 Å². The molecule has 1 unspecified atom stereocenters. The molecule has 0 heterocycles. The van der Waals surface area contributed by atoms with Gasteiger partial charge in [-0.25, -0.2) is 0 Å². The van der Waals surface area contributed by atoms with Crippen LogP contribution in [-0.4, -0.2) is 25.3 Å². The first kappa shape index (κ1) is 13.2. The molecule has 1 aromatic rings. The van der Waals surface area contributed by atoms with E-state index in [2.05, 4.69) is 10.6 Å². The molecule has 4 heteroatoms. The zero-order valence-electron chi connectivity index (χ0n) is 10.4. The van der Waals surface area contributed by atoms with Crippen molar-refractivity contribution in [1.82, 2.24) is 5.32 Å². The number of benzene rings is 1. The van der Waals surface area contributed by atoms with E-state index in [0.717, 1.165) is 5.69 Å². The average Bonchev–Trinajstić information content (AvgIpc) is 2.35. The van der Waals surface area contributed by atoms with Crippen LogP contribution in [0.15, 0.2) is 24.3 Å². The van der Waals surface area contributed by atoms with Crippen LogP contribution < -0.4 is 10.6 Å². The molecule has 0 radical (unpaired) electrons. The topological polar surface area (TPSA) is 58.2 Å². The first-order chi connectivity index (χ1) is 8.04. The number of anilines is 1. The van der Waals surface area contributed by atoms with E-state index in [-0.39, 0.29) is 17.6 Å². The standard InChI is InChI=1S/C13H18N2O2/c1-9(10(2)16)8-15-13(17)11-4-6-12(14-3)7-5-11/h4-7,9,14H,8H2,1-3H3,(H,15,17). The molecule has 0 aliphatic heterocycles. The molecule has 1 atom stereocenters. The fraction of sp³-hybridized carbons (Fsp3) is 0.385. The van der Waals surface area contributed by atoms with Gasteiger partial charge in [-0.3, -0.25) is 9.59 Å². The highest BCUT2D eigenvalue weighted by Gasteiger charge is 2.10.